The summed E-state index contributed by atoms with van der Waals surface area (Å²) in [5.74, 6) is 0.574. The molecule has 0 bridgehead atoms. The summed E-state index contributed by atoms with van der Waals surface area (Å²) in [4.78, 5) is 29.3. The number of ether oxygens (including phenoxy) is 2. The predicted octanol–water partition coefficient (Wildman–Crippen LogP) is 7.19. The van der Waals surface area contributed by atoms with E-state index in [9.17, 15) is 14.9 Å². The smallest absolute Gasteiger partial charge is 0.315 e. The van der Waals surface area contributed by atoms with E-state index in [0.29, 0.717) is 44.3 Å². The molecule has 3 aromatic carbocycles. The van der Waals surface area contributed by atoms with E-state index in [0.717, 1.165) is 17.3 Å². The third-order valence-electron chi connectivity index (χ3n) is 5.79. The molecule has 4 rings (SSSR count). The number of halogens is 3. The molecule has 0 atom stereocenters. The van der Waals surface area contributed by atoms with Crippen LogP contribution >= 0.6 is 39.1 Å². The number of fused-ring (bicyclic) bond motifs is 1. The zero-order valence-electron chi connectivity index (χ0n) is 21.0. The van der Waals surface area contributed by atoms with Gasteiger partial charge in [0.15, 0.2) is 5.75 Å². The van der Waals surface area contributed by atoms with Crippen molar-refractivity contribution in [2.75, 3.05) is 7.11 Å². The van der Waals surface area contributed by atoms with Crippen molar-refractivity contribution < 1.29 is 14.4 Å². The van der Waals surface area contributed by atoms with E-state index >= 15 is 0 Å². The number of unbranched alkanes of at least 4 members (excludes halogenated alkanes) is 1. The van der Waals surface area contributed by atoms with Crippen LogP contribution in [0, 0.1) is 10.1 Å². The quantitative estimate of drug-likeness (QED) is 0.104. The number of aryl methyl sites for hydroxylation is 1. The molecule has 0 aliphatic rings. The lowest BCUT2D eigenvalue weighted by molar-refractivity contribution is -0.386. The van der Waals surface area contributed by atoms with E-state index in [4.69, 9.17) is 32.7 Å². The summed E-state index contributed by atoms with van der Waals surface area (Å²) in [5, 5.41) is 17.5. The van der Waals surface area contributed by atoms with Gasteiger partial charge in [0.2, 0.25) is 5.75 Å². The lowest BCUT2D eigenvalue weighted by atomic mass is 10.1. The van der Waals surface area contributed by atoms with E-state index in [1.807, 2.05) is 13.0 Å². The number of hydrogen-bond acceptors (Lipinski definition) is 7. The van der Waals surface area contributed by atoms with Gasteiger partial charge >= 0.3 is 5.69 Å². The molecule has 0 saturated carbocycles. The van der Waals surface area contributed by atoms with Gasteiger partial charge in [0.05, 0.1) is 39.2 Å². The minimum atomic E-state index is -0.571. The molecule has 9 nitrogen and oxygen atoms in total. The number of aromatic nitrogens is 2. The van der Waals surface area contributed by atoms with E-state index in [1.54, 1.807) is 36.4 Å². The fraction of sp³-hybridized carbons (Fsp3) is 0.222. The van der Waals surface area contributed by atoms with E-state index in [-0.39, 0.29) is 29.4 Å². The second-order valence-electron chi connectivity index (χ2n) is 8.52. The molecule has 1 aromatic heterocycles. The van der Waals surface area contributed by atoms with Gasteiger partial charge in [0.1, 0.15) is 12.4 Å². The van der Waals surface area contributed by atoms with Gasteiger partial charge < -0.3 is 9.47 Å². The van der Waals surface area contributed by atoms with Crippen molar-refractivity contribution in [3.05, 3.63) is 100 Å². The highest BCUT2D eigenvalue weighted by atomic mass is 79.9. The Morgan fingerprint density at radius 2 is 1.95 bits per heavy atom. The van der Waals surface area contributed by atoms with Crippen molar-refractivity contribution in [1.82, 2.24) is 9.66 Å². The maximum Gasteiger partial charge on any atom is 0.315 e. The summed E-state index contributed by atoms with van der Waals surface area (Å²) in [6.07, 6.45) is 3.62. The number of nitrogens with zero attached hydrogens (tertiary/aromatic N) is 4. The second-order valence-corrected chi connectivity index (χ2v) is 10.3. The van der Waals surface area contributed by atoms with Crippen LogP contribution in [0.5, 0.6) is 11.5 Å². The van der Waals surface area contributed by atoms with Gasteiger partial charge in [-0.1, -0.05) is 58.5 Å². The standard InChI is InChI=1S/C27H23BrCl2N4O5/c1-3-4-5-25-32-22-9-7-18(28)13-19(22)27(35)33(25)31-14-17-11-23(34(36)37)26(24(12-17)38-2)39-15-16-6-8-20(29)21(30)10-16/h6-14H,3-5,15H2,1-2H3. The first-order chi connectivity index (χ1) is 18.7. The molecule has 0 fully saturated rings. The first-order valence-electron chi connectivity index (χ1n) is 11.9. The first kappa shape index (κ1) is 28.5. The molecule has 0 aliphatic carbocycles. The molecule has 39 heavy (non-hydrogen) atoms. The summed E-state index contributed by atoms with van der Waals surface area (Å²) in [7, 11) is 1.38. The third kappa shape index (κ3) is 6.58. The zero-order valence-corrected chi connectivity index (χ0v) is 24.1. The Morgan fingerprint density at radius 1 is 1.15 bits per heavy atom. The van der Waals surface area contributed by atoms with Gasteiger partial charge in [-0.15, -0.1) is 0 Å². The largest absolute Gasteiger partial charge is 0.493 e. The van der Waals surface area contributed by atoms with E-state index in [2.05, 4.69) is 26.0 Å². The van der Waals surface area contributed by atoms with Crippen LogP contribution in [0.1, 0.15) is 36.7 Å². The van der Waals surface area contributed by atoms with Crippen LogP contribution < -0.4 is 15.0 Å². The lowest BCUT2D eigenvalue weighted by Gasteiger charge is -2.13. The zero-order chi connectivity index (χ0) is 28.1. The molecule has 0 N–H and O–H groups in total. The molecule has 12 heteroatoms. The van der Waals surface area contributed by atoms with Gasteiger partial charge in [-0.05, 0) is 48.4 Å². The molecule has 0 amide bonds. The number of methoxy groups -OCH3 is 1. The Bertz CT molecular complexity index is 1640. The van der Waals surface area contributed by atoms with Crippen LogP contribution in [0.2, 0.25) is 10.0 Å². The minimum Gasteiger partial charge on any atom is -0.493 e. The molecular formula is C27H23BrCl2N4O5. The Morgan fingerprint density at radius 3 is 2.64 bits per heavy atom. The maximum atomic E-state index is 13.3. The van der Waals surface area contributed by atoms with Crippen LogP contribution in [0.25, 0.3) is 10.9 Å². The molecule has 0 spiro atoms. The van der Waals surface area contributed by atoms with Gasteiger partial charge in [0, 0.05) is 22.5 Å². The van der Waals surface area contributed by atoms with Gasteiger partial charge in [-0.25, -0.2) is 4.98 Å². The number of rotatable bonds is 10. The van der Waals surface area contributed by atoms with Gasteiger partial charge in [-0.3, -0.25) is 14.9 Å². The third-order valence-corrected chi connectivity index (χ3v) is 7.03. The van der Waals surface area contributed by atoms with Crippen LogP contribution in [0.3, 0.4) is 0 Å². The minimum absolute atomic E-state index is 0.00394. The topological polar surface area (TPSA) is 109 Å². The SMILES string of the molecule is CCCCc1nc2ccc(Br)cc2c(=O)n1N=Cc1cc(OC)c(OCc2ccc(Cl)c(Cl)c2)c([N+](=O)[O-])c1. The molecular weight excluding hydrogens is 611 g/mol. The van der Waals surface area contributed by atoms with Crippen LogP contribution in [-0.2, 0) is 13.0 Å². The van der Waals surface area contributed by atoms with Crippen molar-refractivity contribution in [1.29, 1.82) is 0 Å². The molecule has 0 unspecified atom stereocenters. The Kier molecular flexibility index (Phi) is 9.21. The summed E-state index contributed by atoms with van der Waals surface area (Å²) in [6, 6.07) is 13.1. The fourth-order valence-corrected chi connectivity index (χ4v) is 4.52. The number of nitro benzene ring substituents is 1. The Balaban J connectivity index is 1.73. The van der Waals surface area contributed by atoms with Crippen LogP contribution in [0.15, 0.2) is 62.9 Å². The summed E-state index contributed by atoms with van der Waals surface area (Å²) in [6.45, 7) is 2.04. The first-order valence-corrected chi connectivity index (χ1v) is 13.5. The molecule has 202 valence electrons. The number of benzene rings is 3. The second kappa shape index (κ2) is 12.6. The average Bonchev–Trinajstić information content (AvgIpc) is 2.92. The molecule has 0 aliphatic heterocycles. The maximum absolute atomic E-state index is 13.3. The average molecular weight is 634 g/mol. The molecule has 0 radical (unpaired) electrons. The van der Waals surface area contributed by atoms with Gasteiger partial charge in [0.25, 0.3) is 5.56 Å². The molecule has 1 heterocycles. The summed E-state index contributed by atoms with van der Waals surface area (Å²) in [5.41, 5.74) is 0.909. The summed E-state index contributed by atoms with van der Waals surface area (Å²) >= 11 is 15.4. The van der Waals surface area contributed by atoms with Crippen molar-refractivity contribution in [2.45, 2.75) is 32.8 Å². The fourth-order valence-electron chi connectivity index (χ4n) is 3.83. The molecule has 0 saturated heterocycles. The number of hydrogen-bond donors (Lipinski definition) is 0. The normalized spacial score (nSPS) is 11.3. The highest BCUT2D eigenvalue weighted by Crippen LogP contribution is 2.38. The van der Waals surface area contributed by atoms with Gasteiger partial charge in [-0.2, -0.15) is 9.78 Å². The highest BCUT2D eigenvalue weighted by molar-refractivity contribution is 9.10. The van der Waals surface area contributed by atoms with Crippen molar-refractivity contribution in [3.8, 4) is 11.5 Å². The monoisotopic (exact) mass is 632 g/mol. The van der Waals surface area contributed by atoms with Crippen LogP contribution in [0.4, 0.5) is 5.69 Å². The highest BCUT2D eigenvalue weighted by Gasteiger charge is 2.22. The van der Waals surface area contributed by atoms with Crippen molar-refractivity contribution >= 4 is 61.9 Å². The van der Waals surface area contributed by atoms with Crippen molar-refractivity contribution in [2.24, 2.45) is 5.10 Å². The van der Waals surface area contributed by atoms with E-state index < -0.39 is 4.92 Å². The Hall–Kier alpha value is -3.47. The summed E-state index contributed by atoms with van der Waals surface area (Å²) < 4.78 is 13.2. The number of nitro groups is 1. The van der Waals surface area contributed by atoms with Crippen molar-refractivity contribution in [3.63, 3.8) is 0 Å². The molecule has 4 aromatic rings. The van der Waals surface area contributed by atoms with E-state index in [1.165, 1.54) is 24.1 Å². The predicted molar refractivity (Wildman–Crippen MR) is 156 cm³/mol. The van der Waals surface area contributed by atoms with Crippen LogP contribution in [-0.4, -0.2) is 27.9 Å². The Labute approximate surface area is 242 Å². The lowest BCUT2D eigenvalue weighted by Crippen LogP contribution is -2.22.